The van der Waals surface area contributed by atoms with Crippen LogP contribution in [0.4, 0.5) is 0 Å². The molecule has 0 heterocycles. The third-order valence-corrected chi connectivity index (χ3v) is 3.19. The molecular weight excluding hydrogens is 362 g/mol. The highest BCUT2D eigenvalue weighted by atomic mass is 16.5. The monoisotopic (exact) mass is 440 g/mol. The van der Waals surface area contributed by atoms with Gasteiger partial charge < -0.3 is 4.74 Å². The number of ether oxygens (including phenoxy) is 1. The van der Waals surface area contributed by atoms with Gasteiger partial charge in [-0.3, -0.25) is 0 Å². The molecule has 0 aromatic heterocycles. The van der Waals surface area contributed by atoms with Gasteiger partial charge in [0.15, 0.2) is 0 Å². The minimum atomic E-state index is 0. The molecule has 6 radical (unpaired) electrons. The molecule has 1 fully saturated rings. The molecule has 0 bridgehead atoms. The molecule has 1 aliphatic carbocycles. The van der Waals surface area contributed by atoms with Gasteiger partial charge in [-0.15, -0.1) is 0 Å². The minimum Gasteiger partial charge on any atom is -0.384 e. The van der Waals surface area contributed by atoms with Crippen molar-refractivity contribution in [2.24, 2.45) is 11.3 Å². The van der Waals surface area contributed by atoms with Crippen molar-refractivity contribution in [1.82, 2.24) is 0 Å². The van der Waals surface area contributed by atoms with E-state index in [9.17, 15) is 0 Å². The second-order valence-electron chi connectivity index (χ2n) is 4.23. The highest BCUT2D eigenvalue weighted by molar-refractivity contribution is 5.76. The molecule has 30 heavy (non-hydrogen) atoms. The summed E-state index contributed by atoms with van der Waals surface area (Å²) < 4.78 is 5.16. The molecule has 0 saturated heterocycles. The summed E-state index contributed by atoms with van der Waals surface area (Å²) in [5.41, 5.74) is 0.628. The van der Waals surface area contributed by atoms with Gasteiger partial charge in [0.1, 0.15) is 0 Å². The fourth-order valence-corrected chi connectivity index (χ4v) is 2.15. The average Bonchev–Trinajstić information content (AvgIpc) is 3.14. The fourth-order valence-electron chi connectivity index (χ4n) is 2.15. The Labute approximate surface area is 207 Å². The van der Waals surface area contributed by atoms with Crippen LogP contribution in [-0.2, 0) is 4.74 Å². The van der Waals surface area contributed by atoms with Gasteiger partial charge in [-0.2, -0.15) is 0 Å². The van der Waals surface area contributed by atoms with Gasteiger partial charge in [-0.05, 0) is 30.6 Å². The Kier molecular flexibility index (Phi) is 261. The van der Waals surface area contributed by atoms with E-state index < -0.39 is 0 Å². The molecule has 2 atom stereocenters. The standard InChI is InChI=1S/C10H20O.7C2H6.3CH4.2B.H2/c1-4-10(2)6-5-9(7-10)8-11-3;7*1-2;;;;;;/h9H,4-8H2,1-3H3;7*1-2H3;3*1H4;;;1H/i;;;;;;;;;;;;;1+1. The minimum absolute atomic E-state index is 0. The van der Waals surface area contributed by atoms with Gasteiger partial charge in [0, 0.05) is 32.0 Å². The average molecular weight is 440 g/mol. The quantitative estimate of drug-likeness (QED) is 0.397. The summed E-state index contributed by atoms with van der Waals surface area (Å²) in [7, 11) is 1.81. The molecule has 0 N–H and O–H groups in total. The van der Waals surface area contributed by atoms with E-state index in [0.29, 0.717) is 5.41 Å². The van der Waals surface area contributed by atoms with Crippen LogP contribution in [0.1, 0.15) is 160 Å². The van der Waals surface area contributed by atoms with E-state index >= 15 is 0 Å². The van der Waals surface area contributed by atoms with Crippen LogP contribution in [-0.4, -0.2) is 30.5 Å². The summed E-state index contributed by atoms with van der Waals surface area (Å²) in [6.45, 7) is 33.7. The van der Waals surface area contributed by atoms with Crippen LogP contribution in [0.15, 0.2) is 0 Å². The molecule has 0 amide bonds. The van der Waals surface area contributed by atoms with Crippen LogP contribution in [0.3, 0.4) is 0 Å². The van der Waals surface area contributed by atoms with Gasteiger partial charge in [0.2, 0.25) is 0 Å². The molecule has 1 rings (SSSR count). The summed E-state index contributed by atoms with van der Waals surface area (Å²) in [6, 6.07) is 0. The van der Waals surface area contributed by atoms with E-state index in [1.807, 2.05) is 104 Å². The maximum atomic E-state index is 5.16. The third kappa shape index (κ3) is 70.6. The topological polar surface area (TPSA) is 9.23 Å². The lowest BCUT2D eigenvalue weighted by molar-refractivity contribution is 0.147. The molecule has 0 aromatic rings. The van der Waals surface area contributed by atoms with Crippen molar-refractivity contribution >= 4 is 16.8 Å². The smallest absolute Gasteiger partial charge is 0.0490 e. The SMILES string of the molecule is C.C.C.CC.CC.CC.CC.CC.CC.CC.CCC1(C)CCC(COC)C1.[2HH].[B].[B]. The maximum absolute atomic E-state index is 5.16. The second-order valence-corrected chi connectivity index (χ2v) is 4.23. The molecule has 1 aliphatic rings. The zero-order valence-corrected chi connectivity index (χ0v) is 23.2. The Hall–Kier alpha value is 0.0899. The van der Waals surface area contributed by atoms with Gasteiger partial charge >= 0.3 is 0 Å². The Morgan fingerprint density at radius 3 is 1.13 bits per heavy atom. The van der Waals surface area contributed by atoms with Gasteiger partial charge in [-0.25, -0.2) is 0 Å². The number of methoxy groups -OCH3 is 1. The van der Waals surface area contributed by atoms with Crippen molar-refractivity contribution < 1.29 is 6.16 Å². The first kappa shape index (κ1) is 77.8. The van der Waals surface area contributed by atoms with Crippen LogP contribution in [0.5, 0.6) is 0 Å². The van der Waals surface area contributed by atoms with Gasteiger partial charge in [-0.1, -0.05) is 139 Å². The van der Waals surface area contributed by atoms with Crippen molar-refractivity contribution in [2.75, 3.05) is 13.7 Å². The van der Waals surface area contributed by atoms with E-state index in [1.54, 1.807) is 0 Å². The molecular formula is C27H76B2O. The van der Waals surface area contributed by atoms with E-state index in [4.69, 9.17) is 4.74 Å². The second kappa shape index (κ2) is 101. The molecule has 1 saturated carbocycles. The Morgan fingerprint density at radius 2 is 0.967 bits per heavy atom. The van der Waals surface area contributed by atoms with Crippen molar-refractivity contribution in [1.29, 1.82) is 0 Å². The zero-order valence-electron chi connectivity index (χ0n) is 23.2. The Balaban J connectivity index is -0.0000000129. The number of rotatable bonds is 3. The van der Waals surface area contributed by atoms with Crippen LogP contribution in [0.2, 0.25) is 0 Å². The lowest BCUT2D eigenvalue weighted by atomic mass is 9.85. The van der Waals surface area contributed by atoms with Crippen molar-refractivity contribution in [2.45, 2.75) is 159 Å². The Bertz CT molecular complexity index is 140. The first-order valence-electron chi connectivity index (χ1n) is 11.7. The normalized spacial score (nSPS) is 15.3. The van der Waals surface area contributed by atoms with E-state index in [1.165, 1.54) is 25.7 Å². The van der Waals surface area contributed by atoms with Crippen LogP contribution in [0.25, 0.3) is 0 Å². The summed E-state index contributed by atoms with van der Waals surface area (Å²) >= 11 is 0. The van der Waals surface area contributed by atoms with Crippen molar-refractivity contribution in [3.8, 4) is 0 Å². The maximum Gasteiger partial charge on any atom is 0.0490 e. The summed E-state index contributed by atoms with van der Waals surface area (Å²) in [6.07, 6.45) is 5.47. The van der Waals surface area contributed by atoms with Crippen LogP contribution < -0.4 is 0 Å². The van der Waals surface area contributed by atoms with Crippen molar-refractivity contribution in [3.63, 3.8) is 0 Å². The molecule has 3 heteroatoms. The summed E-state index contributed by atoms with van der Waals surface area (Å²) in [4.78, 5) is 0. The van der Waals surface area contributed by atoms with Crippen molar-refractivity contribution in [3.05, 3.63) is 0 Å². The van der Waals surface area contributed by atoms with Gasteiger partial charge in [0.25, 0.3) is 0 Å². The van der Waals surface area contributed by atoms with Crippen LogP contribution >= 0.6 is 0 Å². The first-order valence-corrected chi connectivity index (χ1v) is 11.7. The largest absolute Gasteiger partial charge is 0.384 e. The molecule has 2 unspecified atom stereocenters. The lowest BCUT2D eigenvalue weighted by Gasteiger charge is -2.21. The number of hydrogen-bond acceptors (Lipinski definition) is 1. The summed E-state index contributed by atoms with van der Waals surface area (Å²) in [5.74, 6) is 0.838. The predicted octanol–water partition coefficient (Wildman–Crippen LogP) is 11.4. The molecule has 0 spiro atoms. The molecule has 196 valence electrons. The summed E-state index contributed by atoms with van der Waals surface area (Å²) in [5, 5.41) is 0. The van der Waals surface area contributed by atoms with E-state index in [2.05, 4.69) is 13.8 Å². The van der Waals surface area contributed by atoms with E-state index in [-0.39, 0.29) is 40.5 Å². The first-order chi connectivity index (χ1) is 12.2. The number of hydrogen-bond donors (Lipinski definition) is 0. The third-order valence-electron chi connectivity index (χ3n) is 3.19. The molecule has 0 aromatic carbocycles. The fraction of sp³-hybridized carbons (Fsp3) is 1.00. The van der Waals surface area contributed by atoms with Crippen LogP contribution in [0, 0.1) is 11.3 Å². The zero-order chi connectivity index (χ0) is 22.3. The lowest BCUT2D eigenvalue weighted by Crippen LogP contribution is -2.11. The van der Waals surface area contributed by atoms with Gasteiger partial charge in [0.05, 0.1) is 0 Å². The highest BCUT2D eigenvalue weighted by Crippen LogP contribution is 2.43. The molecule has 0 aliphatic heterocycles. The molecule has 1 nitrogen and oxygen atoms in total. The van der Waals surface area contributed by atoms with E-state index in [0.717, 1.165) is 12.5 Å². The highest BCUT2D eigenvalue weighted by Gasteiger charge is 2.32. The Morgan fingerprint density at radius 1 is 0.700 bits per heavy atom. The predicted molar refractivity (Wildman–Crippen MR) is 161 cm³/mol.